The van der Waals surface area contributed by atoms with E-state index in [1.165, 1.54) is 57.1 Å². The number of carbonyl (C=O) groups excluding carboxylic acids is 1. The number of aryl methyl sites for hydroxylation is 2. The van der Waals surface area contributed by atoms with Crippen LogP contribution in [0, 0.1) is 13.8 Å². The van der Waals surface area contributed by atoms with Crippen molar-refractivity contribution in [3.8, 4) is 45.7 Å². The van der Waals surface area contributed by atoms with Crippen molar-refractivity contribution >= 4 is 50.6 Å². The molecule has 0 spiro atoms. The first kappa shape index (κ1) is 78.3. The standard InChI is InChI=1S/C24H27N7O3.C16H12N6O3.C8H17NO.C7H16N2O.C5H11NO.C3H7Br.3CH4/c1-15-12-27-19-6-5-16(13-31(15)19)20-22(24-26-8-11-34-24)29-23(25)21(28-20)18(32)4-3-9-30(2)17-7-10-33-14-17;1-8-6-19-10-3-2-9(7-22(8)10)11-12(15-18-4-5-25-15)21-14(17)13(20-11)16(23)24;1-3-5-9(2)8-4-6-10-7-8;1-9(4-3-8)7-2-5-10-6-7;1-6-5-2-3-7-4-5;1-2-3-4;;;/h5-6,8,11-13,17H,3-4,7,9-10,14H2,1-2H3,(H2,25,29);2-7H,1H3,(H2,17,21)(H,23,24);8H,3-7H2,1-2H3;7H,2-6,8H2,1H3;5-6H,2-4H2,1H3;2-3H2,1H3;3*1H4. The van der Waals surface area contributed by atoms with Gasteiger partial charge in [0.25, 0.3) is 0 Å². The lowest BCUT2D eigenvalue weighted by Gasteiger charge is -2.22. The van der Waals surface area contributed by atoms with Crippen LogP contribution in [-0.2, 0) is 18.9 Å². The predicted molar refractivity (Wildman–Crippen MR) is 370 cm³/mol. The summed E-state index contributed by atoms with van der Waals surface area (Å²) < 4.78 is 35.7. The molecule has 0 aliphatic carbocycles. The van der Waals surface area contributed by atoms with Crippen LogP contribution in [-0.4, -0.2) is 217 Å². The number of rotatable bonds is 19. The number of carboxylic acids is 1. The number of carbonyl (C=O) groups is 2. The number of fused-ring (bicyclic) bond motifs is 2. The van der Waals surface area contributed by atoms with Crippen molar-refractivity contribution in [2.75, 3.05) is 124 Å². The number of nitrogens with one attached hydrogen (secondary N) is 1. The van der Waals surface area contributed by atoms with Crippen LogP contribution in [0.25, 0.3) is 57.0 Å². The molecule has 512 valence electrons. The number of nitrogens with zero attached hydrogens (tertiary/aromatic N) is 13. The molecule has 4 aliphatic rings. The van der Waals surface area contributed by atoms with Gasteiger partial charge in [-0.2, -0.15) is 0 Å². The number of carboxylic acid groups (broad SMARTS) is 1. The summed E-state index contributed by atoms with van der Waals surface area (Å²) in [4.78, 5) is 65.9. The zero-order chi connectivity index (χ0) is 64.5. The smallest absolute Gasteiger partial charge is 0.358 e. The average molecular weight is 1360 g/mol. The number of aromatic nitrogens is 10. The number of likely N-dealkylation sites (N-methyl/N-ethyl adjacent to an activating group) is 4. The molecule has 4 fully saturated rings. The first-order valence-electron chi connectivity index (χ1n) is 30.7. The number of hydrogen-bond donors (Lipinski definition) is 5. The maximum Gasteiger partial charge on any atom is 0.358 e. The van der Waals surface area contributed by atoms with Gasteiger partial charge in [0.15, 0.2) is 34.5 Å². The second-order valence-corrected chi connectivity index (χ2v) is 23.0. The fraction of sp³-hybridized carbons (Fsp3) is 0.545. The fourth-order valence-corrected chi connectivity index (χ4v) is 10.2. The fourth-order valence-electron chi connectivity index (χ4n) is 10.2. The third kappa shape index (κ3) is 22.2. The molecule has 26 nitrogen and oxygen atoms in total. The number of pyridine rings is 2. The Morgan fingerprint density at radius 2 is 1.06 bits per heavy atom. The number of Topliss-reactive ketones (excluding diaryl/α,β-unsaturated/α-hetero) is 1. The number of nitrogen functional groups attached to an aromatic ring is 2. The lowest BCUT2D eigenvalue weighted by atomic mass is 10.1. The Balaban J connectivity index is 0.000000271. The summed E-state index contributed by atoms with van der Waals surface area (Å²) in [6.07, 6.45) is 21.2. The summed E-state index contributed by atoms with van der Waals surface area (Å²) >= 11 is 3.25. The third-order valence-electron chi connectivity index (χ3n) is 15.6. The van der Waals surface area contributed by atoms with Gasteiger partial charge in [-0.1, -0.05) is 52.1 Å². The van der Waals surface area contributed by atoms with E-state index in [0.29, 0.717) is 59.7 Å². The van der Waals surface area contributed by atoms with Crippen molar-refractivity contribution in [1.82, 2.24) is 68.7 Å². The predicted octanol–water partition coefficient (Wildman–Crippen LogP) is 9.53. The van der Waals surface area contributed by atoms with Crippen molar-refractivity contribution in [2.45, 2.75) is 126 Å². The number of hydrogen-bond acceptors (Lipinski definition) is 23. The quantitative estimate of drug-likeness (QED) is 0.0371. The summed E-state index contributed by atoms with van der Waals surface area (Å²) in [5.41, 5.74) is 23.5. The van der Waals surface area contributed by atoms with Gasteiger partial charge in [0.2, 0.25) is 11.8 Å². The largest absolute Gasteiger partial charge is 0.476 e. The van der Waals surface area contributed by atoms with E-state index in [2.05, 4.69) is 106 Å². The Morgan fingerprint density at radius 3 is 1.44 bits per heavy atom. The molecule has 27 heteroatoms. The van der Waals surface area contributed by atoms with Crippen molar-refractivity contribution in [3.63, 3.8) is 0 Å². The van der Waals surface area contributed by atoms with Crippen molar-refractivity contribution < 1.29 is 42.5 Å². The topological polar surface area (TPSA) is 329 Å². The van der Waals surface area contributed by atoms with Gasteiger partial charge in [0, 0.05) is 123 Å². The molecule has 0 bridgehead atoms. The Hall–Kier alpha value is -7.18. The highest BCUT2D eigenvalue weighted by Gasteiger charge is 2.26. The molecule has 0 saturated carbocycles. The number of imidazole rings is 2. The normalized spacial score (nSPS) is 17.1. The van der Waals surface area contributed by atoms with E-state index in [1.54, 1.807) is 30.7 Å². The second-order valence-electron chi connectivity index (χ2n) is 22.2. The molecule has 12 rings (SSSR count). The average Bonchev–Trinajstić information content (AvgIpc) is 1.77. The van der Waals surface area contributed by atoms with E-state index < -0.39 is 5.97 Å². The number of halogens is 1. The molecule has 93 heavy (non-hydrogen) atoms. The van der Waals surface area contributed by atoms with Gasteiger partial charge in [-0.25, -0.2) is 44.7 Å². The lowest BCUT2D eigenvalue weighted by Crippen LogP contribution is -2.35. The Bertz CT molecular complexity index is 3410. The molecule has 0 radical (unpaired) electrons. The minimum absolute atomic E-state index is 0. The van der Waals surface area contributed by atoms with E-state index >= 15 is 0 Å². The molecule has 8 aromatic heterocycles. The van der Waals surface area contributed by atoms with Gasteiger partial charge in [-0.3, -0.25) is 9.69 Å². The highest BCUT2D eigenvalue weighted by atomic mass is 79.9. The minimum atomic E-state index is -1.26. The molecule has 4 aliphatic heterocycles. The van der Waals surface area contributed by atoms with E-state index in [4.69, 9.17) is 50.0 Å². The molecule has 12 heterocycles. The summed E-state index contributed by atoms with van der Waals surface area (Å²) in [6, 6.07) is 9.71. The van der Waals surface area contributed by atoms with Crippen LogP contribution in [0.1, 0.15) is 120 Å². The van der Waals surface area contributed by atoms with Crippen molar-refractivity contribution in [2.24, 2.45) is 5.73 Å². The molecular weight excluding hydrogens is 1250 g/mol. The third-order valence-corrected chi connectivity index (χ3v) is 16.4. The summed E-state index contributed by atoms with van der Waals surface area (Å²) in [5.74, 6) is -1.04. The lowest BCUT2D eigenvalue weighted by molar-refractivity contribution is 0.0691. The number of aromatic carboxylic acids is 1. The molecule has 4 saturated heterocycles. The van der Waals surface area contributed by atoms with Crippen LogP contribution in [0.2, 0.25) is 0 Å². The highest BCUT2D eigenvalue weighted by molar-refractivity contribution is 9.09. The number of anilines is 2. The number of alkyl halides is 1. The van der Waals surface area contributed by atoms with Crippen molar-refractivity contribution in [3.05, 3.63) is 96.7 Å². The maximum atomic E-state index is 13.1. The second kappa shape index (κ2) is 40.2. The molecule has 4 atom stereocenters. The molecule has 4 unspecified atom stereocenters. The monoisotopic (exact) mass is 1360 g/mol. The number of ketones is 1. The molecular formula is C66H102BrN17O9. The van der Waals surface area contributed by atoms with Gasteiger partial charge >= 0.3 is 5.97 Å². The van der Waals surface area contributed by atoms with Gasteiger partial charge < -0.3 is 74.0 Å². The van der Waals surface area contributed by atoms with E-state index in [9.17, 15) is 14.7 Å². The van der Waals surface area contributed by atoms with Gasteiger partial charge in [0.1, 0.15) is 40.9 Å². The van der Waals surface area contributed by atoms with Crippen LogP contribution in [0.4, 0.5) is 11.6 Å². The minimum Gasteiger partial charge on any atom is -0.476 e. The molecule has 8 aromatic rings. The first-order valence-corrected chi connectivity index (χ1v) is 31.9. The zero-order valence-electron chi connectivity index (χ0n) is 53.2. The number of nitrogens with two attached hydrogens (primary N) is 3. The molecule has 0 aromatic carbocycles. The van der Waals surface area contributed by atoms with Crippen LogP contribution in [0.15, 0.2) is 82.8 Å². The van der Waals surface area contributed by atoms with Crippen LogP contribution in [0.3, 0.4) is 0 Å². The van der Waals surface area contributed by atoms with E-state index in [1.807, 2.05) is 48.0 Å². The number of ether oxygens (including phenoxy) is 4. The first-order chi connectivity index (χ1) is 43.6. The Labute approximate surface area is 556 Å². The van der Waals surface area contributed by atoms with Gasteiger partial charge in [-0.05, 0) is 124 Å². The van der Waals surface area contributed by atoms with Crippen LogP contribution in [0.5, 0.6) is 0 Å². The van der Waals surface area contributed by atoms with Crippen LogP contribution >= 0.6 is 15.9 Å². The molecule has 0 amide bonds. The number of oxazole rings is 2. The van der Waals surface area contributed by atoms with Gasteiger partial charge in [-0.15, -0.1) is 0 Å². The van der Waals surface area contributed by atoms with E-state index in [-0.39, 0.29) is 68.6 Å². The Kier molecular flexibility index (Phi) is 33.8. The molecule has 8 N–H and O–H groups in total. The highest BCUT2D eigenvalue weighted by Crippen LogP contribution is 2.33. The van der Waals surface area contributed by atoms with Crippen molar-refractivity contribution in [1.29, 1.82) is 0 Å². The van der Waals surface area contributed by atoms with E-state index in [0.717, 1.165) is 119 Å². The van der Waals surface area contributed by atoms with Crippen LogP contribution < -0.4 is 22.5 Å². The summed E-state index contributed by atoms with van der Waals surface area (Å²) in [6.45, 7) is 19.0. The maximum absolute atomic E-state index is 13.1. The Morgan fingerprint density at radius 1 is 0.624 bits per heavy atom. The SMILES string of the molecule is C.C.C.CCCBr.CCCN(C)C1CCOC1.CN(CCN)C1CCOC1.CNC1CCOC1.Cc1cnc2ccc(-c3nc(C(=O)CCCN(C)C4CCOC4)c(N)nc3-c3ncco3)cn12.Cc1cnc2ccc(-c3nc(C(=O)O)c(N)nc3-c3ncco3)cn12. The summed E-state index contributed by atoms with van der Waals surface area (Å²) in [5, 5.41) is 13.6. The van der Waals surface area contributed by atoms with Gasteiger partial charge in [0.05, 0.1) is 38.8 Å². The summed E-state index contributed by atoms with van der Waals surface area (Å²) in [7, 11) is 8.32. The zero-order valence-corrected chi connectivity index (χ0v) is 54.8.